The molecule has 6 heteroatoms. The number of nitrogens with one attached hydrogen (secondary N) is 1. The molecule has 23 heavy (non-hydrogen) atoms. The summed E-state index contributed by atoms with van der Waals surface area (Å²) < 4.78 is 5.08. The van der Waals surface area contributed by atoms with Gasteiger partial charge in [0.15, 0.2) is 0 Å². The van der Waals surface area contributed by atoms with Gasteiger partial charge in [0.1, 0.15) is 11.8 Å². The Hall–Kier alpha value is -2.41. The van der Waals surface area contributed by atoms with Gasteiger partial charge in [-0.2, -0.15) is 0 Å². The van der Waals surface area contributed by atoms with E-state index in [-0.39, 0.29) is 0 Å². The lowest BCUT2D eigenvalue weighted by atomic mass is 10.00. The first kappa shape index (κ1) is 15.5. The van der Waals surface area contributed by atoms with Gasteiger partial charge in [-0.15, -0.1) is 0 Å². The van der Waals surface area contributed by atoms with E-state index in [0.717, 1.165) is 10.6 Å². The molecule has 1 saturated heterocycles. The number of hydrogen-bond acceptors (Lipinski definition) is 5. The van der Waals surface area contributed by atoms with E-state index in [9.17, 15) is 15.0 Å². The molecule has 1 atom stereocenters. The van der Waals surface area contributed by atoms with Gasteiger partial charge in [0.05, 0.1) is 12.8 Å². The summed E-state index contributed by atoms with van der Waals surface area (Å²) in [6, 6.07) is 13.0. The van der Waals surface area contributed by atoms with Crippen molar-refractivity contribution in [3.05, 3.63) is 59.7 Å². The number of benzene rings is 2. The highest BCUT2D eigenvalue weighted by Crippen LogP contribution is 2.34. The molecule has 120 valence electrons. The van der Waals surface area contributed by atoms with E-state index < -0.39 is 17.7 Å². The third-order valence-electron chi connectivity index (χ3n) is 3.92. The molecule has 1 aliphatic rings. The first-order chi connectivity index (χ1) is 10.9. The monoisotopic (exact) mass is 314 g/mol. The lowest BCUT2D eigenvalue weighted by Crippen LogP contribution is -2.42. The molecule has 6 nitrogen and oxygen atoms in total. The van der Waals surface area contributed by atoms with Crippen molar-refractivity contribution in [3.63, 3.8) is 0 Å². The van der Waals surface area contributed by atoms with Gasteiger partial charge in [-0.1, -0.05) is 29.8 Å². The third kappa shape index (κ3) is 2.68. The number of carbonyl (C=O) groups excluding carboxylic acids is 1. The standard InChI is InChI=1S/C17H18N2O4/c1-11-3-7-13(8-4-11)19-16(20)17(21,22)15(18-19)12-5-9-14(23-2)10-6-12/h3-10,15,18,21-22H,1-2H3. The quantitative estimate of drug-likeness (QED) is 0.744. The van der Waals surface area contributed by atoms with Crippen LogP contribution in [0, 0.1) is 6.92 Å². The fourth-order valence-electron chi connectivity index (χ4n) is 2.55. The number of ether oxygens (including phenoxy) is 1. The van der Waals surface area contributed by atoms with Gasteiger partial charge in [0.2, 0.25) is 0 Å². The third-order valence-corrected chi connectivity index (χ3v) is 3.92. The lowest BCUT2D eigenvalue weighted by molar-refractivity contribution is -0.182. The Labute approximate surface area is 133 Å². The summed E-state index contributed by atoms with van der Waals surface area (Å²) in [6.45, 7) is 1.94. The molecule has 0 bridgehead atoms. The SMILES string of the molecule is COc1ccc(C2NN(c3ccc(C)cc3)C(=O)C2(O)O)cc1. The molecular weight excluding hydrogens is 296 g/mol. The van der Waals surface area contributed by atoms with Crippen molar-refractivity contribution in [1.29, 1.82) is 0 Å². The summed E-state index contributed by atoms with van der Waals surface area (Å²) >= 11 is 0. The van der Waals surface area contributed by atoms with E-state index in [1.54, 1.807) is 43.5 Å². The van der Waals surface area contributed by atoms with Crippen LogP contribution in [-0.2, 0) is 4.79 Å². The molecule has 3 rings (SSSR count). The second-order valence-electron chi connectivity index (χ2n) is 5.54. The Morgan fingerprint density at radius 3 is 2.26 bits per heavy atom. The highest BCUT2D eigenvalue weighted by Gasteiger charge is 2.53. The molecule has 2 aromatic carbocycles. The summed E-state index contributed by atoms with van der Waals surface area (Å²) in [7, 11) is 1.55. The number of amides is 1. The topological polar surface area (TPSA) is 82.0 Å². The van der Waals surface area contributed by atoms with Crippen molar-refractivity contribution < 1.29 is 19.7 Å². The Balaban J connectivity index is 1.92. The predicted octanol–water partition coefficient (Wildman–Crippen LogP) is 1.28. The number of aliphatic hydroxyl groups is 2. The van der Waals surface area contributed by atoms with Crippen molar-refractivity contribution in [2.45, 2.75) is 18.8 Å². The summed E-state index contributed by atoms with van der Waals surface area (Å²) in [4.78, 5) is 12.4. The number of methoxy groups -OCH3 is 1. The number of hydrazine groups is 1. The zero-order valence-corrected chi connectivity index (χ0v) is 12.9. The Morgan fingerprint density at radius 2 is 1.70 bits per heavy atom. The number of nitrogens with zero attached hydrogens (tertiary/aromatic N) is 1. The maximum Gasteiger partial charge on any atom is 0.303 e. The molecule has 1 unspecified atom stereocenters. The maximum atomic E-state index is 12.4. The highest BCUT2D eigenvalue weighted by molar-refractivity contribution is 6.00. The van der Waals surface area contributed by atoms with Crippen molar-refractivity contribution in [1.82, 2.24) is 5.43 Å². The smallest absolute Gasteiger partial charge is 0.303 e. The normalized spacial score (nSPS) is 19.9. The first-order valence-corrected chi connectivity index (χ1v) is 7.19. The summed E-state index contributed by atoms with van der Waals surface area (Å²) in [6.07, 6.45) is 0. The summed E-state index contributed by atoms with van der Waals surface area (Å²) in [5.74, 6) is -2.70. The minimum absolute atomic E-state index is 0.545. The number of rotatable bonds is 3. The van der Waals surface area contributed by atoms with E-state index >= 15 is 0 Å². The molecule has 3 N–H and O–H groups in total. The van der Waals surface area contributed by atoms with E-state index in [1.165, 1.54) is 0 Å². The number of aryl methyl sites for hydroxylation is 1. The summed E-state index contributed by atoms with van der Waals surface area (Å²) in [5.41, 5.74) is 5.02. The van der Waals surface area contributed by atoms with E-state index in [4.69, 9.17) is 4.74 Å². The maximum absolute atomic E-state index is 12.4. The summed E-state index contributed by atoms with van der Waals surface area (Å²) in [5, 5.41) is 21.7. The molecule has 0 radical (unpaired) electrons. The van der Waals surface area contributed by atoms with Crippen LogP contribution >= 0.6 is 0 Å². The molecule has 0 aromatic heterocycles. The molecule has 2 aromatic rings. The number of anilines is 1. The van der Waals surface area contributed by atoms with Crippen molar-refractivity contribution in [2.24, 2.45) is 0 Å². The van der Waals surface area contributed by atoms with Crippen LogP contribution in [0.4, 0.5) is 5.69 Å². The van der Waals surface area contributed by atoms with E-state index in [0.29, 0.717) is 17.0 Å². The van der Waals surface area contributed by atoms with Gasteiger partial charge in [-0.05, 0) is 36.8 Å². The van der Waals surface area contributed by atoms with Crippen LogP contribution in [0.5, 0.6) is 5.75 Å². The van der Waals surface area contributed by atoms with Crippen molar-refractivity contribution in [3.8, 4) is 5.75 Å². The second-order valence-corrected chi connectivity index (χ2v) is 5.54. The molecule has 0 saturated carbocycles. The van der Waals surface area contributed by atoms with Crippen LogP contribution in [0.2, 0.25) is 0 Å². The van der Waals surface area contributed by atoms with Gasteiger partial charge < -0.3 is 14.9 Å². The van der Waals surface area contributed by atoms with Crippen molar-refractivity contribution >= 4 is 11.6 Å². The second kappa shape index (κ2) is 5.66. The highest BCUT2D eigenvalue weighted by atomic mass is 16.5. The first-order valence-electron chi connectivity index (χ1n) is 7.19. The van der Waals surface area contributed by atoms with Gasteiger partial charge >= 0.3 is 5.91 Å². The fraction of sp³-hybridized carbons (Fsp3) is 0.235. The minimum Gasteiger partial charge on any atom is -0.497 e. The Bertz CT molecular complexity index is 710. The predicted molar refractivity (Wildman–Crippen MR) is 84.7 cm³/mol. The number of carbonyl (C=O) groups is 1. The van der Waals surface area contributed by atoms with Crippen LogP contribution in [0.15, 0.2) is 48.5 Å². The largest absolute Gasteiger partial charge is 0.497 e. The van der Waals surface area contributed by atoms with Gasteiger partial charge in [-0.3, -0.25) is 4.79 Å². The van der Waals surface area contributed by atoms with E-state index in [1.807, 2.05) is 19.1 Å². The molecule has 1 heterocycles. The Morgan fingerprint density at radius 1 is 1.09 bits per heavy atom. The Kier molecular flexibility index (Phi) is 3.81. The zero-order valence-electron chi connectivity index (χ0n) is 12.9. The average molecular weight is 314 g/mol. The zero-order chi connectivity index (χ0) is 16.6. The molecule has 0 aliphatic carbocycles. The lowest BCUT2D eigenvalue weighted by Gasteiger charge is -2.20. The van der Waals surface area contributed by atoms with Gasteiger partial charge in [0.25, 0.3) is 5.79 Å². The van der Waals surface area contributed by atoms with Crippen molar-refractivity contribution in [2.75, 3.05) is 12.1 Å². The average Bonchev–Trinajstić information content (AvgIpc) is 2.79. The van der Waals surface area contributed by atoms with Crippen LogP contribution < -0.4 is 15.2 Å². The molecule has 1 amide bonds. The molecule has 1 fully saturated rings. The molecule has 1 aliphatic heterocycles. The number of hydrogen-bond donors (Lipinski definition) is 3. The van der Waals surface area contributed by atoms with E-state index in [2.05, 4.69) is 5.43 Å². The minimum atomic E-state index is -2.53. The van der Waals surface area contributed by atoms with Crippen LogP contribution in [0.25, 0.3) is 0 Å². The molecular formula is C17H18N2O4. The van der Waals surface area contributed by atoms with Crippen LogP contribution in [0.1, 0.15) is 17.2 Å². The van der Waals surface area contributed by atoms with Gasteiger partial charge in [0, 0.05) is 0 Å². The fourth-order valence-corrected chi connectivity index (χ4v) is 2.55. The molecule has 0 spiro atoms. The van der Waals surface area contributed by atoms with Crippen LogP contribution in [0.3, 0.4) is 0 Å². The van der Waals surface area contributed by atoms with Gasteiger partial charge in [-0.25, -0.2) is 10.4 Å². The van der Waals surface area contributed by atoms with Crippen LogP contribution in [-0.4, -0.2) is 29.0 Å².